The number of ether oxygens (including phenoxy) is 1. The predicted molar refractivity (Wildman–Crippen MR) is 110 cm³/mol. The summed E-state index contributed by atoms with van der Waals surface area (Å²) in [5.74, 6) is -0.533. The van der Waals surface area contributed by atoms with Crippen LogP contribution in [0.15, 0.2) is 53.4 Å². The molecule has 0 bridgehead atoms. The molecular weight excluding hydrogens is 394 g/mol. The number of anilines is 1. The highest BCUT2D eigenvalue weighted by molar-refractivity contribution is 7.90. The predicted octanol–water partition coefficient (Wildman–Crippen LogP) is 2.13. The fourth-order valence-corrected chi connectivity index (χ4v) is 3.66. The topological polar surface area (TPSA) is 128 Å². The van der Waals surface area contributed by atoms with Gasteiger partial charge in [0.05, 0.1) is 18.0 Å². The molecule has 1 atom stereocenters. The molecule has 0 fully saturated rings. The molecule has 0 radical (unpaired) electrons. The lowest BCUT2D eigenvalue weighted by Gasteiger charge is -2.15. The van der Waals surface area contributed by atoms with E-state index < -0.39 is 27.9 Å². The Morgan fingerprint density at radius 1 is 1.10 bits per heavy atom. The Balaban J connectivity index is 2.15. The van der Waals surface area contributed by atoms with Gasteiger partial charge in [0.2, 0.25) is 0 Å². The molecule has 0 aromatic heterocycles. The van der Waals surface area contributed by atoms with E-state index in [1.807, 2.05) is 18.6 Å². The van der Waals surface area contributed by atoms with Crippen LogP contribution in [0.4, 0.5) is 5.69 Å². The van der Waals surface area contributed by atoms with Crippen LogP contribution in [0.5, 0.6) is 5.75 Å². The van der Waals surface area contributed by atoms with Crippen molar-refractivity contribution in [2.45, 2.75) is 31.2 Å². The maximum atomic E-state index is 12.5. The third kappa shape index (κ3) is 6.30. The van der Waals surface area contributed by atoms with Crippen LogP contribution in [0.1, 0.15) is 30.6 Å². The number of carbonyl (C=O) groups is 2. The van der Waals surface area contributed by atoms with Crippen molar-refractivity contribution in [2.75, 3.05) is 12.4 Å². The molecule has 0 saturated carbocycles. The van der Waals surface area contributed by atoms with Crippen molar-refractivity contribution >= 4 is 27.5 Å². The van der Waals surface area contributed by atoms with Crippen LogP contribution in [-0.2, 0) is 14.8 Å². The van der Waals surface area contributed by atoms with E-state index in [-0.39, 0.29) is 16.5 Å². The van der Waals surface area contributed by atoms with Gasteiger partial charge in [-0.1, -0.05) is 26.0 Å². The van der Waals surface area contributed by atoms with Gasteiger partial charge in [-0.25, -0.2) is 13.1 Å². The van der Waals surface area contributed by atoms with Crippen LogP contribution in [0.2, 0.25) is 0 Å². The second kappa shape index (κ2) is 9.53. The summed E-state index contributed by atoms with van der Waals surface area (Å²) in [6, 6.07) is 11.2. The smallest absolute Gasteiger partial charge is 0.264 e. The lowest BCUT2D eigenvalue weighted by Crippen LogP contribution is -2.43. The van der Waals surface area contributed by atoms with Gasteiger partial charge in [-0.15, -0.1) is 0 Å². The molecule has 0 unspecified atom stereocenters. The lowest BCUT2D eigenvalue weighted by molar-refractivity contribution is -0.120. The number of nitrogens with two attached hydrogens (primary N) is 1. The monoisotopic (exact) mass is 419 g/mol. The largest absolute Gasteiger partial charge is 0.497 e. The zero-order valence-electron chi connectivity index (χ0n) is 16.5. The average molecular weight is 420 g/mol. The Morgan fingerprint density at radius 3 is 2.45 bits per heavy atom. The molecule has 0 spiro atoms. The number of hydrogen-bond acceptors (Lipinski definition) is 6. The first kappa shape index (κ1) is 22.4. The Labute approximate surface area is 170 Å². The van der Waals surface area contributed by atoms with Gasteiger partial charge >= 0.3 is 0 Å². The molecule has 9 heteroatoms. The first-order chi connectivity index (χ1) is 13.6. The molecule has 29 heavy (non-hydrogen) atoms. The molecule has 2 aromatic carbocycles. The summed E-state index contributed by atoms with van der Waals surface area (Å²) in [4.78, 5) is 24.3. The van der Waals surface area contributed by atoms with E-state index >= 15 is 0 Å². The van der Waals surface area contributed by atoms with Crippen molar-refractivity contribution in [2.24, 2.45) is 11.7 Å². The van der Waals surface area contributed by atoms with Crippen molar-refractivity contribution in [3.63, 3.8) is 0 Å². The van der Waals surface area contributed by atoms with Gasteiger partial charge in [-0.2, -0.15) is 0 Å². The zero-order chi connectivity index (χ0) is 21.6. The number of methoxy groups -OCH3 is 1. The summed E-state index contributed by atoms with van der Waals surface area (Å²) < 4.78 is 32.1. The molecule has 0 aliphatic rings. The van der Waals surface area contributed by atoms with Gasteiger partial charge in [-0.3, -0.25) is 9.59 Å². The fraction of sp³-hybridized carbons (Fsp3) is 0.300. The van der Waals surface area contributed by atoms with Gasteiger partial charge in [0.15, 0.2) is 0 Å². The van der Waals surface area contributed by atoms with Crippen molar-refractivity contribution < 1.29 is 22.7 Å². The van der Waals surface area contributed by atoms with Gasteiger partial charge < -0.3 is 15.8 Å². The highest BCUT2D eigenvalue weighted by Crippen LogP contribution is 2.18. The third-order valence-electron chi connectivity index (χ3n) is 4.03. The minimum Gasteiger partial charge on any atom is -0.497 e. The third-order valence-corrected chi connectivity index (χ3v) is 5.38. The van der Waals surface area contributed by atoms with Crippen molar-refractivity contribution in [3.05, 3.63) is 54.1 Å². The summed E-state index contributed by atoms with van der Waals surface area (Å²) in [5.41, 5.74) is 6.36. The molecule has 2 amide bonds. The van der Waals surface area contributed by atoms with E-state index in [9.17, 15) is 18.0 Å². The van der Waals surface area contributed by atoms with Crippen molar-refractivity contribution in [1.82, 2.24) is 4.72 Å². The van der Waals surface area contributed by atoms with Gasteiger partial charge in [0.1, 0.15) is 5.75 Å². The highest BCUT2D eigenvalue weighted by Gasteiger charge is 2.23. The fourth-order valence-electron chi connectivity index (χ4n) is 2.59. The molecule has 8 nitrogen and oxygen atoms in total. The van der Waals surface area contributed by atoms with E-state index in [4.69, 9.17) is 10.5 Å². The Bertz CT molecular complexity index is 989. The molecule has 0 aliphatic heterocycles. The molecule has 2 rings (SSSR count). The number of carbonyl (C=O) groups excluding carboxylic acids is 2. The second-order valence-electron chi connectivity index (χ2n) is 6.92. The molecule has 0 heterocycles. The molecule has 156 valence electrons. The minimum atomic E-state index is -4.12. The van der Waals surface area contributed by atoms with E-state index in [0.717, 1.165) is 0 Å². The second-order valence-corrected chi connectivity index (χ2v) is 8.60. The summed E-state index contributed by atoms with van der Waals surface area (Å²) in [5, 5.41) is 2.63. The first-order valence-corrected chi connectivity index (χ1v) is 10.5. The summed E-state index contributed by atoms with van der Waals surface area (Å²) in [6.45, 7) is 3.77. The zero-order valence-corrected chi connectivity index (χ0v) is 17.3. The Morgan fingerprint density at radius 2 is 1.79 bits per heavy atom. The van der Waals surface area contributed by atoms with Crippen LogP contribution in [0, 0.1) is 5.92 Å². The van der Waals surface area contributed by atoms with E-state index in [1.54, 1.807) is 30.3 Å². The summed E-state index contributed by atoms with van der Waals surface area (Å²) >= 11 is 0. The Hall–Kier alpha value is -2.91. The van der Waals surface area contributed by atoms with Crippen LogP contribution in [0.25, 0.3) is 0 Å². The number of rotatable bonds is 8. The molecule has 2 aromatic rings. The van der Waals surface area contributed by atoms with E-state index in [2.05, 4.69) is 5.32 Å². The number of sulfonamides is 1. The highest BCUT2D eigenvalue weighted by atomic mass is 32.2. The number of nitrogens with one attached hydrogen (secondary N) is 2. The normalized spacial score (nSPS) is 12.3. The maximum Gasteiger partial charge on any atom is 0.264 e. The van der Waals surface area contributed by atoms with Gasteiger partial charge in [0, 0.05) is 11.3 Å². The van der Waals surface area contributed by atoms with Gasteiger partial charge in [-0.05, 0) is 48.7 Å². The van der Waals surface area contributed by atoms with Gasteiger partial charge in [0.25, 0.3) is 21.8 Å². The summed E-state index contributed by atoms with van der Waals surface area (Å²) in [6.07, 6.45) is 0.359. The van der Waals surface area contributed by atoms with E-state index in [0.29, 0.717) is 17.7 Å². The van der Waals surface area contributed by atoms with Crippen LogP contribution < -0.4 is 20.5 Å². The van der Waals surface area contributed by atoms with E-state index in [1.165, 1.54) is 25.3 Å². The molecule has 0 aliphatic carbocycles. The molecule has 4 N–H and O–H groups in total. The van der Waals surface area contributed by atoms with Crippen LogP contribution in [0.3, 0.4) is 0 Å². The first-order valence-electron chi connectivity index (χ1n) is 9.00. The number of benzene rings is 2. The lowest BCUT2D eigenvalue weighted by atomic mass is 10.0. The van der Waals surface area contributed by atoms with Crippen LogP contribution in [-0.4, -0.2) is 33.4 Å². The Kier molecular flexibility index (Phi) is 7.35. The quantitative estimate of drug-likeness (QED) is 0.601. The minimum absolute atomic E-state index is 0.147. The number of hydrogen-bond donors (Lipinski definition) is 3. The molecule has 0 saturated heterocycles. The maximum absolute atomic E-state index is 12.5. The molecular formula is C20H25N3O5S. The standard InChI is InChI=1S/C20H25N3O5S/c1-13(2)10-18(21)20(25)23-29(26,27)17-9-5-7-15(12-17)22-19(24)14-6-4-8-16(11-14)28-3/h4-9,11-13,18H,10,21H2,1-3H3,(H,22,24)(H,23,25)/t18-/m0/s1. The SMILES string of the molecule is COc1cccc(C(=O)Nc2cccc(S(=O)(=O)NC(=O)[C@@H](N)CC(C)C)c2)c1. The average Bonchev–Trinajstić information content (AvgIpc) is 2.67. The van der Waals surface area contributed by atoms with Crippen molar-refractivity contribution in [3.8, 4) is 5.75 Å². The van der Waals surface area contributed by atoms with Crippen LogP contribution >= 0.6 is 0 Å². The number of amides is 2. The summed E-state index contributed by atoms with van der Waals surface area (Å²) in [7, 11) is -2.63. The van der Waals surface area contributed by atoms with Crippen molar-refractivity contribution in [1.29, 1.82) is 0 Å².